The van der Waals surface area contributed by atoms with Gasteiger partial charge in [0.25, 0.3) is 6.43 Å². The van der Waals surface area contributed by atoms with Crippen LogP contribution >= 0.6 is 11.3 Å². The van der Waals surface area contributed by atoms with Gasteiger partial charge in [0.15, 0.2) is 0 Å². The number of hydrogen-bond donors (Lipinski definition) is 2. The molecule has 1 atom stereocenters. The minimum atomic E-state index is -2.71. The number of nitrogens with zero attached hydrogens (tertiary/aromatic N) is 1. The molecule has 1 aromatic carbocycles. The number of para-hydroxylation sites is 1. The molecule has 1 unspecified atom stereocenters. The Labute approximate surface area is 101 Å². The van der Waals surface area contributed by atoms with Crippen LogP contribution in [0.25, 0.3) is 10.2 Å². The van der Waals surface area contributed by atoms with E-state index >= 15 is 0 Å². The highest BCUT2D eigenvalue weighted by Gasteiger charge is 2.15. The molecule has 3 nitrogen and oxygen atoms in total. The maximum absolute atomic E-state index is 12.0. The van der Waals surface area contributed by atoms with Gasteiger partial charge in [0.05, 0.1) is 10.2 Å². The molecule has 2 N–H and O–H groups in total. The first-order valence-electron chi connectivity index (χ1n) is 5.18. The Balaban J connectivity index is 1.91. The maximum atomic E-state index is 12.0. The Morgan fingerprint density at radius 1 is 1.35 bits per heavy atom. The van der Waals surface area contributed by atoms with Gasteiger partial charge in [-0.15, -0.1) is 11.3 Å². The fourth-order valence-electron chi connectivity index (χ4n) is 1.41. The molecule has 2 aromatic rings. The molecule has 0 spiro atoms. The minimum absolute atomic E-state index is 0.131. The summed E-state index contributed by atoms with van der Waals surface area (Å²) in [5.41, 5.74) is 0.906. The van der Waals surface area contributed by atoms with Crippen molar-refractivity contribution in [1.82, 2.24) is 10.3 Å². The summed E-state index contributed by atoms with van der Waals surface area (Å²) in [7, 11) is 0. The Morgan fingerprint density at radius 2 is 2.12 bits per heavy atom. The van der Waals surface area contributed by atoms with Crippen LogP contribution in [0, 0.1) is 0 Å². The van der Waals surface area contributed by atoms with Gasteiger partial charge >= 0.3 is 0 Å². The zero-order chi connectivity index (χ0) is 12.3. The Bertz CT molecular complexity index is 456. The van der Waals surface area contributed by atoms with Gasteiger partial charge in [-0.2, -0.15) is 0 Å². The monoisotopic (exact) mass is 258 g/mol. The highest BCUT2D eigenvalue weighted by molar-refractivity contribution is 7.18. The quantitative estimate of drug-likeness (QED) is 0.862. The van der Waals surface area contributed by atoms with Crippen molar-refractivity contribution in [1.29, 1.82) is 0 Å². The number of alkyl halides is 2. The van der Waals surface area contributed by atoms with Crippen LogP contribution < -0.4 is 5.32 Å². The molecule has 17 heavy (non-hydrogen) atoms. The standard InChI is InChI=1S/C11H12F2N2OS/c12-11(13)8(16)5-14-6-10-15-7-3-1-2-4-9(7)17-10/h1-4,8,11,14,16H,5-6H2. The molecular weight excluding hydrogens is 246 g/mol. The van der Waals surface area contributed by atoms with E-state index in [1.807, 2.05) is 24.3 Å². The zero-order valence-electron chi connectivity index (χ0n) is 8.94. The van der Waals surface area contributed by atoms with E-state index in [-0.39, 0.29) is 6.54 Å². The minimum Gasteiger partial charge on any atom is -0.386 e. The highest BCUT2D eigenvalue weighted by Crippen LogP contribution is 2.21. The lowest BCUT2D eigenvalue weighted by Crippen LogP contribution is -2.31. The lowest BCUT2D eigenvalue weighted by Gasteiger charge is -2.09. The molecule has 0 radical (unpaired) electrons. The SMILES string of the molecule is OC(CNCc1nc2ccccc2s1)C(F)F. The van der Waals surface area contributed by atoms with Crippen LogP contribution in [0.3, 0.4) is 0 Å². The summed E-state index contributed by atoms with van der Waals surface area (Å²) in [5, 5.41) is 12.5. The fraction of sp³-hybridized carbons (Fsp3) is 0.364. The second-order valence-corrected chi connectivity index (χ2v) is 4.72. The predicted octanol–water partition coefficient (Wildman–Crippen LogP) is 2.01. The average molecular weight is 258 g/mol. The van der Waals surface area contributed by atoms with Crippen molar-refractivity contribution in [3.05, 3.63) is 29.3 Å². The van der Waals surface area contributed by atoms with Gasteiger partial charge in [0, 0.05) is 13.1 Å². The number of halogens is 2. The van der Waals surface area contributed by atoms with E-state index in [1.54, 1.807) is 0 Å². The number of nitrogens with one attached hydrogen (secondary N) is 1. The summed E-state index contributed by atoms with van der Waals surface area (Å²) in [6, 6.07) is 7.70. The summed E-state index contributed by atoms with van der Waals surface area (Å²) in [4.78, 5) is 4.34. The van der Waals surface area contributed by atoms with Crippen molar-refractivity contribution < 1.29 is 13.9 Å². The number of benzene rings is 1. The number of fused-ring (bicyclic) bond motifs is 1. The molecule has 1 heterocycles. The number of rotatable bonds is 5. The molecule has 0 fully saturated rings. The Hall–Kier alpha value is -1.11. The molecular formula is C11H12F2N2OS. The molecule has 2 rings (SSSR count). The van der Waals surface area contributed by atoms with Crippen LogP contribution in [0.15, 0.2) is 24.3 Å². The summed E-state index contributed by atoms with van der Waals surface area (Å²) in [6.45, 7) is 0.261. The van der Waals surface area contributed by atoms with Crippen molar-refractivity contribution in [2.24, 2.45) is 0 Å². The summed E-state index contributed by atoms with van der Waals surface area (Å²) >= 11 is 1.51. The van der Waals surface area contributed by atoms with Crippen molar-refractivity contribution in [2.75, 3.05) is 6.54 Å². The lowest BCUT2D eigenvalue weighted by atomic mass is 10.3. The predicted molar refractivity (Wildman–Crippen MR) is 63.3 cm³/mol. The van der Waals surface area contributed by atoms with E-state index in [4.69, 9.17) is 5.11 Å². The van der Waals surface area contributed by atoms with Crippen LogP contribution in [0.5, 0.6) is 0 Å². The summed E-state index contributed by atoms with van der Waals surface area (Å²) in [5.74, 6) is 0. The van der Waals surface area contributed by atoms with Crippen LogP contribution in [0.1, 0.15) is 5.01 Å². The van der Waals surface area contributed by atoms with E-state index in [0.717, 1.165) is 15.2 Å². The number of thiazole rings is 1. The van der Waals surface area contributed by atoms with Crippen molar-refractivity contribution in [3.63, 3.8) is 0 Å². The topological polar surface area (TPSA) is 45.1 Å². The van der Waals surface area contributed by atoms with E-state index < -0.39 is 12.5 Å². The average Bonchev–Trinajstić information content (AvgIpc) is 2.71. The summed E-state index contributed by atoms with van der Waals surface area (Å²) in [6.07, 6.45) is -4.33. The molecule has 0 aliphatic heterocycles. The van der Waals surface area contributed by atoms with Crippen molar-refractivity contribution in [2.45, 2.75) is 19.1 Å². The molecule has 0 aliphatic rings. The molecule has 92 valence electrons. The van der Waals surface area contributed by atoms with Gasteiger partial charge in [0.2, 0.25) is 0 Å². The largest absolute Gasteiger partial charge is 0.386 e. The number of hydrogen-bond acceptors (Lipinski definition) is 4. The fourth-order valence-corrected chi connectivity index (χ4v) is 2.35. The normalized spacial score (nSPS) is 13.4. The Kier molecular flexibility index (Phi) is 3.98. The van der Waals surface area contributed by atoms with Gasteiger partial charge in [-0.25, -0.2) is 13.8 Å². The van der Waals surface area contributed by atoms with Crippen LogP contribution in [-0.2, 0) is 6.54 Å². The third kappa shape index (κ3) is 3.18. The molecule has 0 amide bonds. The van der Waals surface area contributed by atoms with Crippen molar-refractivity contribution in [3.8, 4) is 0 Å². The molecule has 6 heteroatoms. The first kappa shape index (κ1) is 12.3. The third-order valence-corrected chi connectivity index (χ3v) is 3.30. The van der Waals surface area contributed by atoms with E-state index in [0.29, 0.717) is 6.54 Å². The number of aromatic nitrogens is 1. The van der Waals surface area contributed by atoms with Gasteiger partial charge in [-0.1, -0.05) is 12.1 Å². The van der Waals surface area contributed by atoms with Gasteiger partial charge < -0.3 is 10.4 Å². The first-order chi connectivity index (χ1) is 8.16. The van der Waals surface area contributed by atoms with Gasteiger partial charge in [-0.05, 0) is 12.1 Å². The van der Waals surface area contributed by atoms with E-state index in [2.05, 4.69) is 10.3 Å². The molecule has 0 aliphatic carbocycles. The smallest absolute Gasteiger partial charge is 0.265 e. The van der Waals surface area contributed by atoms with Gasteiger partial charge in [0.1, 0.15) is 11.1 Å². The van der Waals surface area contributed by atoms with E-state index in [1.165, 1.54) is 11.3 Å². The van der Waals surface area contributed by atoms with E-state index in [9.17, 15) is 8.78 Å². The molecule has 0 bridgehead atoms. The second-order valence-electron chi connectivity index (χ2n) is 3.61. The molecule has 1 aromatic heterocycles. The first-order valence-corrected chi connectivity index (χ1v) is 6.00. The lowest BCUT2D eigenvalue weighted by molar-refractivity contribution is -0.00340. The number of aliphatic hydroxyl groups excluding tert-OH is 1. The third-order valence-electron chi connectivity index (χ3n) is 2.26. The van der Waals surface area contributed by atoms with Crippen LogP contribution in [0.4, 0.5) is 8.78 Å². The zero-order valence-corrected chi connectivity index (χ0v) is 9.75. The Morgan fingerprint density at radius 3 is 2.82 bits per heavy atom. The maximum Gasteiger partial charge on any atom is 0.265 e. The summed E-state index contributed by atoms with van der Waals surface area (Å²) < 4.78 is 25.1. The highest BCUT2D eigenvalue weighted by atomic mass is 32.1. The number of aliphatic hydroxyl groups is 1. The molecule has 0 saturated carbocycles. The van der Waals surface area contributed by atoms with Crippen LogP contribution in [0.2, 0.25) is 0 Å². The molecule has 0 saturated heterocycles. The van der Waals surface area contributed by atoms with Gasteiger partial charge in [-0.3, -0.25) is 0 Å². The van der Waals surface area contributed by atoms with Crippen LogP contribution in [-0.4, -0.2) is 29.2 Å². The second kappa shape index (κ2) is 5.48. The van der Waals surface area contributed by atoms with Crippen molar-refractivity contribution >= 4 is 21.6 Å².